The van der Waals surface area contributed by atoms with Crippen molar-refractivity contribution in [3.05, 3.63) is 71.8 Å². The second-order valence-corrected chi connectivity index (χ2v) is 10.8. The van der Waals surface area contributed by atoms with E-state index in [2.05, 4.69) is 10.8 Å². The van der Waals surface area contributed by atoms with Gasteiger partial charge in [0.2, 0.25) is 5.91 Å². The third-order valence-corrected chi connectivity index (χ3v) is 7.39. The molecule has 1 atom stereocenters. The number of rotatable bonds is 13. The van der Waals surface area contributed by atoms with E-state index in [-0.39, 0.29) is 25.4 Å². The van der Waals surface area contributed by atoms with Gasteiger partial charge < -0.3 is 5.32 Å². The van der Waals surface area contributed by atoms with Crippen LogP contribution in [0.5, 0.6) is 0 Å². The number of imide groups is 1. The number of carbonyl (C=O) groups excluding carboxylic acids is 4. The van der Waals surface area contributed by atoms with E-state index >= 15 is 0 Å². The lowest BCUT2D eigenvalue weighted by molar-refractivity contribution is -0.169. The van der Waals surface area contributed by atoms with Crippen LogP contribution in [0.2, 0.25) is 0 Å². The number of nitrogens with one attached hydrogen (secondary N) is 2. The molecule has 1 heterocycles. The molecule has 9 heteroatoms. The van der Waals surface area contributed by atoms with Crippen LogP contribution in [0.1, 0.15) is 69.9 Å². The first kappa shape index (κ1) is 28.3. The number of hydroxylamine groups is 1. The minimum atomic E-state index is -1.10. The Morgan fingerprint density at radius 3 is 2.21 bits per heavy atom. The van der Waals surface area contributed by atoms with Crippen LogP contribution in [0.4, 0.5) is 4.79 Å². The van der Waals surface area contributed by atoms with Crippen LogP contribution >= 0.6 is 0 Å². The van der Waals surface area contributed by atoms with Crippen LogP contribution in [0.3, 0.4) is 0 Å². The van der Waals surface area contributed by atoms with Crippen LogP contribution in [0, 0.1) is 5.92 Å². The summed E-state index contributed by atoms with van der Waals surface area (Å²) in [5, 5.41) is 4.77. The quantitative estimate of drug-likeness (QED) is 0.295. The SMILES string of the molecule is CC(C)CCC(=O)N([C@@H](CCCc1ccccc1)C(=O)NOCc1ccccc1)N1C(=O)NC2(CCC2)C1=O. The first-order chi connectivity index (χ1) is 18.8. The van der Waals surface area contributed by atoms with Crippen LogP contribution < -0.4 is 10.8 Å². The maximum atomic E-state index is 13.6. The molecule has 0 bridgehead atoms. The Bertz CT molecular complexity index is 1150. The Morgan fingerprint density at radius 1 is 1.00 bits per heavy atom. The number of hydrogen-bond donors (Lipinski definition) is 2. The Kier molecular flexibility index (Phi) is 9.35. The standard InChI is InChI=1S/C30H38N4O5/c1-22(2)17-18-26(35)33(34-28(37)30(19-10-20-30)31-29(34)38)25(16-9-15-23-11-5-3-6-12-23)27(36)32-39-21-24-13-7-4-8-14-24/h3-8,11-14,22,25H,9-10,15-21H2,1-2H3,(H,31,38)(H,32,36)/t25-/m0/s1. The molecule has 39 heavy (non-hydrogen) atoms. The smallest absolute Gasteiger partial charge is 0.322 e. The van der Waals surface area contributed by atoms with E-state index in [1.807, 2.05) is 74.5 Å². The lowest BCUT2D eigenvalue weighted by Crippen LogP contribution is -2.60. The molecule has 2 aromatic rings. The summed E-state index contributed by atoms with van der Waals surface area (Å²) in [5.74, 6) is -1.25. The lowest BCUT2D eigenvalue weighted by Gasteiger charge is -2.38. The second kappa shape index (κ2) is 12.9. The van der Waals surface area contributed by atoms with Gasteiger partial charge in [-0.25, -0.2) is 15.3 Å². The predicted molar refractivity (Wildman–Crippen MR) is 145 cm³/mol. The zero-order valence-corrected chi connectivity index (χ0v) is 22.7. The number of benzene rings is 2. The summed E-state index contributed by atoms with van der Waals surface area (Å²) in [6, 6.07) is 17.4. The molecule has 2 aromatic carbocycles. The number of hydrazine groups is 1. The maximum absolute atomic E-state index is 13.6. The van der Waals surface area contributed by atoms with Gasteiger partial charge in [-0.1, -0.05) is 74.5 Å². The van der Waals surface area contributed by atoms with Gasteiger partial charge in [-0.2, -0.15) is 5.01 Å². The molecule has 1 aliphatic carbocycles. The average molecular weight is 535 g/mol. The number of aryl methyl sites for hydroxylation is 1. The van der Waals surface area contributed by atoms with Gasteiger partial charge in [0.15, 0.2) is 0 Å². The molecule has 1 saturated carbocycles. The molecular weight excluding hydrogens is 496 g/mol. The van der Waals surface area contributed by atoms with E-state index in [9.17, 15) is 19.2 Å². The van der Waals surface area contributed by atoms with Crippen LogP contribution in [-0.4, -0.2) is 45.4 Å². The molecule has 4 rings (SSSR count). The molecule has 1 aliphatic heterocycles. The first-order valence-corrected chi connectivity index (χ1v) is 13.8. The zero-order valence-electron chi connectivity index (χ0n) is 22.7. The maximum Gasteiger partial charge on any atom is 0.344 e. The van der Waals surface area contributed by atoms with Crippen LogP contribution in [0.15, 0.2) is 60.7 Å². The summed E-state index contributed by atoms with van der Waals surface area (Å²) in [6.45, 7) is 4.13. The fraction of sp³-hybridized carbons (Fsp3) is 0.467. The molecule has 0 unspecified atom stereocenters. The van der Waals surface area contributed by atoms with Crippen molar-refractivity contribution in [1.29, 1.82) is 0 Å². The van der Waals surface area contributed by atoms with Crippen molar-refractivity contribution in [1.82, 2.24) is 20.8 Å². The fourth-order valence-corrected chi connectivity index (χ4v) is 4.96. The largest absolute Gasteiger partial charge is 0.344 e. The molecule has 2 aliphatic rings. The van der Waals surface area contributed by atoms with E-state index in [1.165, 1.54) is 0 Å². The first-order valence-electron chi connectivity index (χ1n) is 13.8. The number of amides is 5. The molecule has 1 saturated heterocycles. The van der Waals surface area contributed by atoms with Crippen molar-refractivity contribution in [3.8, 4) is 0 Å². The normalized spacial score (nSPS) is 16.6. The highest BCUT2D eigenvalue weighted by molar-refractivity contribution is 6.09. The van der Waals surface area contributed by atoms with Crippen molar-refractivity contribution >= 4 is 23.8 Å². The van der Waals surface area contributed by atoms with Gasteiger partial charge in [-0.3, -0.25) is 19.2 Å². The summed E-state index contributed by atoms with van der Waals surface area (Å²) in [5.41, 5.74) is 3.46. The average Bonchev–Trinajstić information content (AvgIpc) is 3.18. The highest BCUT2D eigenvalue weighted by Gasteiger charge is 2.58. The van der Waals surface area contributed by atoms with Gasteiger partial charge >= 0.3 is 6.03 Å². The van der Waals surface area contributed by atoms with E-state index in [0.717, 1.165) is 27.6 Å². The van der Waals surface area contributed by atoms with Gasteiger partial charge in [-0.15, -0.1) is 0 Å². The van der Waals surface area contributed by atoms with Gasteiger partial charge in [0.1, 0.15) is 11.6 Å². The molecule has 0 aromatic heterocycles. The van der Waals surface area contributed by atoms with Crippen molar-refractivity contribution in [3.63, 3.8) is 0 Å². The number of carbonyl (C=O) groups is 4. The van der Waals surface area contributed by atoms with Gasteiger partial charge in [-0.05, 0) is 62.0 Å². The molecule has 208 valence electrons. The molecule has 9 nitrogen and oxygen atoms in total. The summed E-state index contributed by atoms with van der Waals surface area (Å²) in [7, 11) is 0. The summed E-state index contributed by atoms with van der Waals surface area (Å²) < 4.78 is 0. The number of hydrogen-bond acceptors (Lipinski definition) is 5. The highest BCUT2D eigenvalue weighted by atomic mass is 16.7. The topological polar surface area (TPSA) is 108 Å². The Morgan fingerprint density at radius 2 is 1.64 bits per heavy atom. The molecular formula is C30H38N4O5. The minimum absolute atomic E-state index is 0.106. The molecule has 5 amide bonds. The van der Waals surface area contributed by atoms with E-state index in [1.54, 1.807) is 0 Å². The third-order valence-electron chi connectivity index (χ3n) is 7.39. The number of nitrogens with zero attached hydrogens (tertiary/aromatic N) is 2. The zero-order chi connectivity index (χ0) is 27.8. The van der Waals surface area contributed by atoms with E-state index in [4.69, 9.17) is 4.84 Å². The highest BCUT2D eigenvalue weighted by Crippen LogP contribution is 2.38. The molecule has 1 spiro atoms. The van der Waals surface area contributed by atoms with Gasteiger partial charge in [0.25, 0.3) is 11.8 Å². The minimum Gasteiger partial charge on any atom is -0.322 e. The van der Waals surface area contributed by atoms with E-state index in [0.29, 0.717) is 32.1 Å². The summed E-state index contributed by atoms with van der Waals surface area (Å²) in [6.07, 6.45) is 4.00. The van der Waals surface area contributed by atoms with Crippen LogP contribution in [-0.2, 0) is 32.2 Å². The molecule has 2 fully saturated rings. The summed E-state index contributed by atoms with van der Waals surface area (Å²) >= 11 is 0. The van der Waals surface area contributed by atoms with Gasteiger partial charge in [0, 0.05) is 6.42 Å². The van der Waals surface area contributed by atoms with Crippen molar-refractivity contribution in [2.75, 3.05) is 0 Å². The number of urea groups is 1. The Balaban J connectivity index is 1.57. The lowest BCUT2D eigenvalue weighted by atomic mass is 9.77. The monoisotopic (exact) mass is 534 g/mol. The van der Waals surface area contributed by atoms with Crippen molar-refractivity contribution in [2.45, 2.75) is 83.4 Å². The van der Waals surface area contributed by atoms with Crippen molar-refractivity contribution < 1.29 is 24.0 Å². The molecule has 2 N–H and O–H groups in total. The third kappa shape index (κ3) is 6.84. The molecule has 0 radical (unpaired) electrons. The second-order valence-electron chi connectivity index (χ2n) is 10.8. The van der Waals surface area contributed by atoms with Crippen molar-refractivity contribution in [2.24, 2.45) is 5.92 Å². The van der Waals surface area contributed by atoms with Gasteiger partial charge in [0.05, 0.1) is 6.61 Å². The predicted octanol–water partition coefficient (Wildman–Crippen LogP) is 4.28. The summed E-state index contributed by atoms with van der Waals surface area (Å²) in [4.78, 5) is 59.4. The Hall–Kier alpha value is -3.72. The fourth-order valence-electron chi connectivity index (χ4n) is 4.96. The Labute approximate surface area is 229 Å². The van der Waals surface area contributed by atoms with E-state index < -0.39 is 35.3 Å². The van der Waals surface area contributed by atoms with Crippen LogP contribution in [0.25, 0.3) is 0 Å².